The molecule has 0 saturated carbocycles. The van der Waals surface area contributed by atoms with E-state index < -0.39 is 6.04 Å². The van der Waals surface area contributed by atoms with Gasteiger partial charge in [0.15, 0.2) is 0 Å². The second-order valence-electron chi connectivity index (χ2n) is 6.12. The highest BCUT2D eigenvalue weighted by Crippen LogP contribution is 2.34. The molecule has 2 N–H and O–H groups in total. The summed E-state index contributed by atoms with van der Waals surface area (Å²) in [4.78, 5) is 29.2. The lowest BCUT2D eigenvalue weighted by Gasteiger charge is -2.23. The van der Waals surface area contributed by atoms with Gasteiger partial charge in [0.05, 0.1) is 26.7 Å². The number of nitrogens with zero attached hydrogens (tertiary/aromatic N) is 1. The molecule has 2 aromatic carbocycles. The summed E-state index contributed by atoms with van der Waals surface area (Å²) in [6, 6.07) is 12.0. The molecule has 140 valence electrons. The third-order valence-electron chi connectivity index (χ3n) is 4.34. The number of benzene rings is 2. The van der Waals surface area contributed by atoms with E-state index in [1.165, 1.54) is 0 Å². The van der Waals surface area contributed by atoms with Crippen LogP contribution in [0.1, 0.15) is 33.9 Å². The van der Waals surface area contributed by atoms with E-state index in [-0.39, 0.29) is 24.2 Å². The van der Waals surface area contributed by atoms with E-state index in [1.54, 1.807) is 44.6 Å². The van der Waals surface area contributed by atoms with Crippen LogP contribution < -0.4 is 20.1 Å². The lowest BCUT2D eigenvalue weighted by atomic mass is 10.0. The number of methoxy groups -OCH3 is 2. The number of hydrogen-bond donors (Lipinski definition) is 2. The molecular weight excluding hydrogens is 346 g/mol. The molecule has 1 atom stereocenters. The van der Waals surface area contributed by atoms with Gasteiger partial charge in [0.25, 0.3) is 5.91 Å². The molecule has 2 aromatic rings. The molecular formula is C20H21N3O4. The number of nitrogens with one attached hydrogen (secondary N) is 2. The maximum atomic E-state index is 12.5. The van der Waals surface area contributed by atoms with Crippen LogP contribution in [0.4, 0.5) is 0 Å². The van der Waals surface area contributed by atoms with Crippen molar-refractivity contribution in [3.8, 4) is 11.5 Å². The Morgan fingerprint density at radius 3 is 2.67 bits per heavy atom. The first-order chi connectivity index (χ1) is 13.0. The fraction of sp³-hybridized carbons (Fsp3) is 0.250. The number of amides is 2. The van der Waals surface area contributed by atoms with Crippen LogP contribution in [-0.2, 0) is 4.79 Å². The summed E-state index contributed by atoms with van der Waals surface area (Å²) < 4.78 is 10.7. The van der Waals surface area contributed by atoms with Gasteiger partial charge in [-0.15, -0.1) is 0 Å². The van der Waals surface area contributed by atoms with Crippen LogP contribution in [0, 0.1) is 6.92 Å². The average molecular weight is 367 g/mol. The van der Waals surface area contributed by atoms with Gasteiger partial charge in [-0.05, 0) is 36.8 Å². The van der Waals surface area contributed by atoms with Crippen LogP contribution in [0.5, 0.6) is 11.5 Å². The van der Waals surface area contributed by atoms with Gasteiger partial charge in [-0.3, -0.25) is 20.2 Å². The Morgan fingerprint density at radius 1 is 1.19 bits per heavy atom. The van der Waals surface area contributed by atoms with Gasteiger partial charge < -0.3 is 9.47 Å². The maximum absolute atomic E-state index is 12.5. The van der Waals surface area contributed by atoms with E-state index in [1.807, 2.05) is 19.1 Å². The molecule has 0 saturated heterocycles. The summed E-state index contributed by atoms with van der Waals surface area (Å²) in [7, 11) is 3.12. The minimum Gasteiger partial charge on any atom is -0.497 e. The molecule has 3 rings (SSSR count). The van der Waals surface area contributed by atoms with Crippen LogP contribution in [0.25, 0.3) is 0 Å². The van der Waals surface area contributed by atoms with E-state index in [2.05, 4.69) is 15.6 Å². The number of aliphatic imine (C=N–C) groups is 1. The molecule has 7 nitrogen and oxygen atoms in total. The summed E-state index contributed by atoms with van der Waals surface area (Å²) in [6.45, 7) is 1.85. The van der Waals surface area contributed by atoms with Crippen molar-refractivity contribution in [3.63, 3.8) is 0 Å². The van der Waals surface area contributed by atoms with Crippen molar-refractivity contribution in [1.29, 1.82) is 0 Å². The minimum absolute atomic E-state index is 0.120. The van der Waals surface area contributed by atoms with Gasteiger partial charge in [-0.1, -0.05) is 18.2 Å². The summed E-state index contributed by atoms with van der Waals surface area (Å²) >= 11 is 0. The Labute approximate surface area is 157 Å². The van der Waals surface area contributed by atoms with Crippen LogP contribution in [0.3, 0.4) is 0 Å². The normalized spacial score (nSPS) is 16.2. The third-order valence-corrected chi connectivity index (χ3v) is 4.34. The molecule has 0 radical (unpaired) electrons. The monoisotopic (exact) mass is 367 g/mol. The van der Waals surface area contributed by atoms with Crippen LogP contribution in [0.2, 0.25) is 0 Å². The molecule has 1 heterocycles. The number of ether oxygens (including phenoxy) is 2. The van der Waals surface area contributed by atoms with Crippen LogP contribution in [-0.4, -0.2) is 32.0 Å². The van der Waals surface area contributed by atoms with E-state index in [9.17, 15) is 9.59 Å². The Balaban J connectivity index is 1.89. The van der Waals surface area contributed by atoms with Crippen molar-refractivity contribution < 1.29 is 19.1 Å². The van der Waals surface area contributed by atoms with Crippen molar-refractivity contribution in [1.82, 2.24) is 10.6 Å². The number of hydrogen-bond acceptors (Lipinski definition) is 5. The topological polar surface area (TPSA) is 89.0 Å². The second kappa shape index (κ2) is 7.90. The van der Waals surface area contributed by atoms with Crippen molar-refractivity contribution in [3.05, 3.63) is 59.2 Å². The van der Waals surface area contributed by atoms with Crippen molar-refractivity contribution in [2.75, 3.05) is 14.2 Å². The van der Waals surface area contributed by atoms with E-state index in [4.69, 9.17) is 9.47 Å². The number of aryl methyl sites for hydroxylation is 1. The van der Waals surface area contributed by atoms with Crippen LogP contribution >= 0.6 is 0 Å². The van der Waals surface area contributed by atoms with Crippen molar-refractivity contribution in [2.45, 2.75) is 19.4 Å². The predicted molar refractivity (Wildman–Crippen MR) is 101 cm³/mol. The van der Waals surface area contributed by atoms with Gasteiger partial charge in [0, 0.05) is 11.1 Å². The summed E-state index contributed by atoms with van der Waals surface area (Å²) in [5, 5.41) is 5.29. The molecule has 0 spiro atoms. The SMILES string of the molecule is COc1ccc(OC)c([C@@H]2CC(=O)NC(NC(=O)c3ccccc3C)=N2)c1. The van der Waals surface area contributed by atoms with Gasteiger partial charge in [0.2, 0.25) is 11.9 Å². The lowest BCUT2D eigenvalue weighted by Crippen LogP contribution is -2.47. The van der Waals surface area contributed by atoms with E-state index >= 15 is 0 Å². The third kappa shape index (κ3) is 4.08. The zero-order valence-electron chi connectivity index (χ0n) is 15.4. The standard InChI is InChI=1S/C20H21N3O4/c1-12-6-4-5-7-14(12)19(25)23-20-21-16(11-18(24)22-20)15-10-13(26-2)8-9-17(15)27-3/h4-10,16H,11H2,1-3H3,(H2,21,22,23,24,25)/t16-/m0/s1. The van der Waals surface area contributed by atoms with Gasteiger partial charge >= 0.3 is 0 Å². The van der Waals surface area contributed by atoms with E-state index in [0.717, 1.165) is 5.56 Å². The summed E-state index contributed by atoms with van der Waals surface area (Å²) in [6.07, 6.45) is 0.146. The van der Waals surface area contributed by atoms with Crippen molar-refractivity contribution >= 4 is 17.8 Å². The average Bonchev–Trinajstić information content (AvgIpc) is 2.67. The molecule has 0 aliphatic carbocycles. The molecule has 7 heteroatoms. The second-order valence-corrected chi connectivity index (χ2v) is 6.12. The van der Waals surface area contributed by atoms with Crippen LogP contribution in [0.15, 0.2) is 47.5 Å². The molecule has 0 fully saturated rings. The summed E-state index contributed by atoms with van der Waals surface area (Å²) in [5.74, 6) is 0.793. The Bertz CT molecular complexity index is 908. The minimum atomic E-state index is -0.490. The molecule has 0 aromatic heterocycles. The number of guanidine groups is 1. The summed E-state index contributed by atoms with van der Waals surface area (Å²) in [5.41, 5.74) is 2.08. The first-order valence-corrected chi connectivity index (χ1v) is 8.48. The number of carbonyl (C=O) groups excluding carboxylic acids is 2. The zero-order valence-corrected chi connectivity index (χ0v) is 15.4. The Hall–Kier alpha value is -3.35. The van der Waals surface area contributed by atoms with E-state index in [0.29, 0.717) is 22.6 Å². The lowest BCUT2D eigenvalue weighted by molar-refractivity contribution is -0.120. The molecule has 0 unspecified atom stereocenters. The molecule has 2 amide bonds. The number of rotatable bonds is 4. The van der Waals surface area contributed by atoms with Gasteiger partial charge in [-0.2, -0.15) is 0 Å². The highest BCUT2D eigenvalue weighted by Gasteiger charge is 2.26. The zero-order chi connectivity index (χ0) is 19.4. The van der Waals surface area contributed by atoms with Crippen molar-refractivity contribution in [2.24, 2.45) is 4.99 Å². The molecule has 0 bridgehead atoms. The quantitative estimate of drug-likeness (QED) is 0.868. The fourth-order valence-electron chi connectivity index (χ4n) is 2.94. The smallest absolute Gasteiger partial charge is 0.258 e. The predicted octanol–water partition coefficient (Wildman–Crippen LogP) is 2.36. The largest absolute Gasteiger partial charge is 0.497 e. The first-order valence-electron chi connectivity index (χ1n) is 8.48. The first kappa shape index (κ1) is 18.4. The highest BCUT2D eigenvalue weighted by atomic mass is 16.5. The number of carbonyl (C=O) groups is 2. The van der Waals surface area contributed by atoms with Gasteiger partial charge in [0.1, 0.15) is 11.5 Å². The Kier molecular flexibility index (Phi) is 5.40. The molecule has 1 aliphatic rings. The Morgan fingerprint density at radius 2 is 1.96 bits per heavy atom. The molecule has 1 aliphatic heterocycles. The molecule has 27 heavy (non-hydrogen) atoms. The highest BCUT2D eigenvalue weighted by molar-refractivity contribution is 6.11. The maximum Gasteiger partial charge on any atom is 0.258 e. The fourth-order valence-corrected chi connectivity index (χ4v) is 2.94. The van der Waals surface area contributed by atoms with Gasteiger partial charge in [-0.25, -0.2) is 4.99 Å².